The van der Waals surface area contributed by atoms with Crippen molar-refractivity contribution >= 4 is 23.6 Å². The second kappa shape index (κ2) is 9.96. The number of benzene rings is 2. The highest BCUT2D eigenvalue weighted by atomic mass is 16.5. The predicted octanol–water partition coefficient (Wildman–Crippen LogP) is 3.94. The minimum absolute atomic E-state index is 0.0518. The lowest BCUT2D eigenvalue weighted by molar-refractivity contribution is -0.117. The van der Waals surface area contributed by atoms with Crippen molar-refractivity contribution in [1.82, 2.24) is 5.32 Å². The molecule has 0 atom stereocenters. The molecule has 1 aliphatic heterocycles. The van der Waals surface area contributed by atoms with Crippen LogP contribution in [0.5, 0.6) is 11.5 Å². The molecule has 158 valence electrons. The molecule has 6 heteroatoms. The van der Waals surface area contributed by atoms with Gasteiger partial charge in [-0.3, -0.25) is 9.59 Å². The van der Waals surface area contributed by atoms with Gasteiger partial charge in [-0.2, -0.15) is 0 Å². The van der Waals surface area contributed by atoms with Crippen LogP contribution < -0.4 is 19.7 Å². The average molecular weight is 408 g/mol. The van der Waals surface area contributed by atoms with Crippen LogP contribution in [0, 0.1) is 0 Å². The molecular weight excluding hydrogens is 380 g/mol. The summed E-state index contributed by atoms with van der Waals surface area (Å²) in [6.45, 7) is 5.10. The van der Waals surface area contributed by atoms with E-state index in [1.54, 1.807) is 18.1 Å². The summed E-state index contributed by atoms with van der Waals surface area (Å²) in [5, 5.41) is 2.87. The third-order valence-electron chi connectivity index (χ3n) is 4.77. The van der Waals surface area contributed by atoms with Crippen molar-refractivity contribution in [3.8, 4) is 11.5 Å². The highest BCUT2D eigenvalue weighted by Crippen LogP contribution is 2.29. The Kier molecular flexibility index (Phi) is 7.12. The Morgan fingerprint density at radius 2 is 1.93 bits per heavy atom. The molecule has 0 radical (unpaired) electrons. The summed E-state index contributed by atoms with van der Waals surface area (Å²) in [4.78, 5) is 25.8. The zero-order valence-electron chi connectivity index (χ0n) is 17.7. The molecular formula is C24H28N2O4. The Labute approximate surface area is 177 Å². The number of hydrogen-bond donors (Lipinski definition) is 1. The molecule has 2 amide bonds. The first-order valence-electron chi connectivity index (χ1n) is 10.2. The lowest BCUT2D eigenvalue weighted by Crippen LogP contribution is -2.23. The number of rotatable bonds is 8. The molecule has 30 heavy (non-hydrogen) atoms. The van der Waals surface area contributed by atoms with Crippen molar-refractivity contribution in [2.24, 2.45) is 0 Å². The van der Waals surface area contributed by atoms with Gasteiger partial charge >= 0.3 is 0 Å². The molecule has 1 aliphatic rings. The number of carbonyl (C=O) groups is 2. The molecule has 6 nitrogen and oxygen atoms in total. The Hall–Kier alpha value is -3.28. The zero-order valence-corrected chi connectivity index (χ0v) is 17.7. The van der Waals surface area contributed by atoms with Crippen LogP contribution in [0.25, 0.3) is 6.08 Å². The Balaban J connectivity index is 1.54. The highest BCUT2D eigenvalue weighted by molar-refractivity contribution is 5.95. The molecule has 1 heterocycles. The molecule has 1 saturated heterocycles. The number of nitrogens with one attached hydrogen (secondary N) is 1. The molecule has 0 aliphatic carbocycles. The van der Waals surface area contributed by atoms with Crippen LogP contribution in [0.2, 0.25) is 0 Å². The largest absolute Gasteiger partial charge is 0.493 e. The van der Waals surface area contributed by atoms with E-state index in [0.29, 0.717) is 24.5 Å². The molecule has 0 unspecified atom stereocenters. The normalized spacial score (nSPS) is 13.9. The number of anilines is 1. The Bertz CT molecular complexity index is 919. The van der Waals surface area contributed by atoms with Crippen LogP contribution in [-0.4, -0.2) is 31.6 Å². The van der Waals surface area contributed by atoms with Gasteiger partial charge < -0.3 is 19.7 Å². The van der Waals surface area contributed by atoms with Crippen LogP contribution in [-0.2, 0) is 16.1 Å². The average Bonchev–Trinajstić information content (AvgIpc) is 3.17. The third-order valence-corrected chi connectivity index (χ3v) is 4.77. The maximum Gasteiger partial charge on any atom is 0.244 e. The smallest absolute Gasteiger partial charge is 0.244 e. The van der Waals surface area contributed by atoms with Gasteiger partial charge in [-0.05, 0) is 61.7 Å². The van der Waals surface area contributed by atoms with E-state index in [0.717, 1.165) is 29.8 Å². The van der Waals surface area contributed by atoms with Crippen LogP contribution in [0.1, 0.15) is 37.8 Å². The summed E-state index contributed by atoms with van der Waals surface area (Å²) < 4.78 is 11.1. The molecule has 0 bridgehead atoms. The second-order valence-electron chi connectivity index (χ2n) is 7.44. The van der Waals surface area contributed by atoms with Gasteiger partial charge in [-0.1, -0.05) is 18.2 Å². The molecule has 2 aromatic rings. The fourth-order valence-electron chi connectivity index (χ4n) is 3.27. The van der Waals surface area contributed by atoms with Crippen molar-refractivity contribution in [2.45, 2.75) is 39.3 Å². The van der Waals surface area contributed by atoms with Gasteiger partial charge in [0.15, 0.2) is 11.5 Å². The first-order valence-corrected chi connectivity index (χ1v) is 10.2. The van der Waals surface area contributed by atoms with Crippen LogP contribution in [0.15, 0.2) is 48.5 Å². The van der Waals surface area contributed by atoms with Crippen molar-refractivity contribution in [1.29, 1.82) is 0 Å². The fraction of sp³-hybridized carbons (Fsp3) is 0.333. The quantitative estimate of drug-likeness (QED) is 0.672. The van der Waals surface area contributed by atoms with E-state index in [-0.39, 0.29) is 17.9 Å². The lowest BCUT2D eigenvalue weighted by Gasteiger charge is -2.16. The fourth-order valence-corrected chi connectivity index (χ4v) is 3.27. The third kappa shape index (κ3) is 5.63. The predicted molar refractivity (Wildman–Crippen MR) is 118 cm³/mol. The van der Waals surface area contributed by atoms with E-state index < -0.39 is 0 Å². The SMILES string of the molecule is COc1cc(/C=C/C(=O)NCc2ccc(N3CCCC3=O)cc2)ccc1OC(C)C. The number of amides is 2. The maximum absolute atomic E-state index is 12.2. The molecule has 0 saturated carbocycles. The lowest BCUT2D eigenvalue weighted by atomic mass is 10.1. The van der Waals surface area contributed by atoms with Crippen molar-refractivity contribution in [3.05, 3.63) is 59.7 Å². The van der Waals surface area contributed by atoms with Crippen LogP contribution >= 0.6 is 0 Å². The van der Waals surface area contributed by atoms with E-state index in [9.17, 15) is 9.59 Å². The molecule has 1 fully saturated rings. The summed E-state index contributed by atoms with van der Waals surface area (Å²) in [5.74, 6) is 1.29. The molecule has 0 aromatic heterocycles. The van der Waals surface area contributed by atoms with Gasteiger partial charge in [-0.15, -0.1) is 0 Å². The van der Waals surface area contributed by atoms with E-state index >= 15 is 0 Å². The maximum atomic E-state index is 12.2. The minimum atomic E-state index is -0.185. The number of hydrogen-bond acceptors (Lipinski definition) is 4. The summed E-state index contributed by atoms with van der Waals surface area (Å²) >= 11 is 0. The molecule has 3 rings (SSSR count). The monoisotopic (exact) mass is 408 g/mol. The van der Waals surface area contributed by atoms with E-state index in [1.807, 2.05) is 56.3 Å². The standard InChI is InChI=1S/C24H28N2O4/c1-17(2)30-21-12-8-18(15-22(21)29-3)9-13-23(27)25-16-19-6-10-20(11-7-19)26-14-4-5-24(26)28/h6-13,15,17H,4-5,14,16H2,1-3H3,(H,25,27)/b13-9+. The summed E-state index contributed by atoms with van der Waals surface area (Å²) in [6, 6.07) is 13.3. The first kappa shape index (κ1) is 21.4. The number of methoxy groups -OCH3 is 1. The Morgan fingerprint density at radius 1 is 1.17 bits per heavy atom. The van der Waals surface area contributed by atoms with E-state index in [1.165, 1.54) is 6.08 Å². The highest BCUT2D eigenvalue weighted by Gasteiger charge is 2.21. The van der Waals surface area contributed by atoms with Gasteiger partial charge in [0.25, 0.3) is 0 Å². The van der Waals surface area contributed by atoms with Crippen molar-refractivity contribution in [2.75, 3.05) is 18.6 Å². The summed E-state index contributed by atoms with van der Waals surface area (Å²) in [7, 11) is 1.59. The van der Waals surface area contributed by atoms with Gasteiger partial charge in [-0.25, -0.2) is 0 Å². The summed E-state index contributed by atoms with van der Waals surface area (Å²) in [5.41, 5.74) is 2.73. The van der Waals surface area contributed by atoms with E-state index in [2.05, 4.69) is 5.32 Å². The van der Waals surface area contributed by atoms with Gasteiger partial charge in [0.1, 0.15) is 0 Å². The first-order chi connectivity index (χ1) is 14.5. The number of ether oxygens (including phenoxy) is 2. The molecule has 2 aromatic carbocycles. The molecule has 1 N–H and O–H groups in total. The van der Waals surface area contributed by atoms with Gasteiger partial charge in [0.2, 0.25) is 11.8 Å². The topological polar surface area (TPSA) is 67.9 Å². The van der Waals surface area contributed by atoms with Crippen LogP contribution in [0.3, 0.4) is 0 Å². The minimum Gasteiger partial charge on any atom is -0.493 e. The van der Waals surface area contributed by atoms with Crippen molar-refractivity contribution < 1.29 is 19.1 Å². The van der Waals surface area contributed by atoms with Crippen molar-refractivity contribution in [3.63, 3.8) is 0 Å². The second-order valence-corrected chi connectivity index (χ2v) is 7.44. The number of carbonyl (C=O) groups excluding carboxylic acids is 2. The van der Waals surface area contributed by atoms with Gasteiger partial charge in [0.05, 0.1) is 13.2 Å². The summed E-state index contributed by atoms with van der Waals surface area (Å²) in [6.07, 6.45) is 4.80. The number of nitrogens with zero attached hydrogens (tertiary/aromatic N) is 1. The van der Waals surface area contributed by atoms with E-state index in [4.69, 9.17) is 9.47 Å². The van der Waals surface area contributed by atoms with Gasteiger partial charge in [0, 0.05) is 31.3 Å². The Morgan fingerprint density at radius 3 is 2.57 bits per heavy atom. The zero-order chi connectivity index (χ0) is 21.5. The van der Waals surface area contributed by atoms with Crippen LogP contribution in [0.4, 0.5) is 5.69 Å². The molecule has 0 spiro atoms.